The molecule has 0 aliphatic carbocycles. The summed E-state index contributed by atoms with van der Waals surface area (Å²) in [7, 11) is 3.37. The molecule has 3 heterocycles. The quantitative estimate of drug-likeness (QED) is 0.0694. The van der Waals surface area contributed by atoms with E-state index in [4.69, 9.17) is 31.2 Å². The Morgan fingerprint density at radius 1 is 0.609 bits per heavy atom. The number of carbonyl (C=O) groups is 2. The van der Waals surface area contributed by atoms with E-state index >= 15 is 0 Å². The number of nitrogens with zero attached hydrogens (tertiary/aromatic N) is 3. The van der Waals surface area contributed by atoms with Crippen molar-refractivity contribution in [3.05, 3.63) is 137 Å². The van der Waals surface area contributed by atoms with Crippen LogP contribution in [-0.4, -0.2) is 72.6 Å². The van der Waals surface area contributed by atoms with Crippen molar-refractivity contribution in [3.8, 4) is 11.5 Å². The molecule has 3 aliphatic rings. The number of likely N-dealkylation sites (tertiary alicyclic amines) is 2. The molecule has 8 rings (SSSR count). The number of nitrogens with one attached hydrogen (secondary N) is 2. The Balaban J connectivity index is 0.000000411. The van der Waals surface area contributed by atoms with Gasteiger partial charge in [-0.3, -0.25) is 0 Å². The molecule has 13 nitrogen and oxygen atoms in total. The van der Waals surface area contributed by atoms with E-state index in [2.05, 4.69) is 136 Å². The summed E-state index contributed by atoms with van der Waals surface area (Å²) in [6.07, 6.45) is 4.57. The van der Waals surface area contributed by atoms with E-state index in [9.17, 15) is 9.59 Å². The molecule has 0 spiro atoms. The van der Waals surface area contributed by atoms with E-state index in [1.807, 2.05) is 24.3 Å². The molecule has 3 aliphatic heterocycles. The minimum atomic E-state index is -0.775. The second-order valence-electron chi connectivity index (χ2n) is 20.3. The maximum Gasteiger partial charge on any atom is 0.407 e. The molecule has 3 fully saturated rings. The lowest BCUT2D eigenvalue weighted by Crippen LogP contribution is -2.29. The number of nitrogens with two attached hydrogens (primary N) is 2. The van der Waals surface area contributed by atoms with E-state index in [-0.39, 0.29) is 22.9 Å². The number of rotatable bonds is 11. The molecule has 3 saturated heterocycles. The molecule has 8 N–H and O–H groups in total. The van der Waals surface area contributed by atoms with Crippen LogP contribution in [0.4, 0.5) is 38.0 Å². The van der Waals surface area contributed by atoms with Gasteiger partial charge < -0.3 is 56.5 Å². The highest BCUT2D eigenvalue weighted by molar-refractivity contribution is 5.75. The summed E-state index contributed by atoms with van der Waals surface area (Å²) < 4.78 is 10.7. The number of amides is 2. The van der Waals surface area contributed by atoms with Gasteiger partial charge in [-0.1, -0.05) is 90.1 Å². The molecule has 13 heteroatoms. The largest absolute Gasteiger partial charge is 0.497 e. The van der Waals surface area contributed by atoms with Gasteiger partial charge in [0.25, 0.3) is 0 Å². The highest BCUT2D eigenvalue weighted by Gasteiger charge is 2.39. The first-order valence-corrected chi connectivity index (χ1v) is 24.3. The molecule has 0 aromatic heterocycles. The number of carboxylic acid groups (broad SMARTS) is 2. The summed E-state index contributed by atoms with van der Waals surface area (Å²) in [6, 6.07) is 36.7. The summed E-state index contributed by atoms with van der Waals surface area (Å²) in [5.74, 6) is 1.69. The summed E-state index contributed by atoms with van der Waals surface area (Å²) in [5, 5.41) is 23.8. The van der Waals surface area contributed by atoms with E-state index in [1.165, 1.54) is 37.7 Å². The lowest BCUT2D eigenvalue weighted by molar-refractivity contribution is 0.154. The fourth-order valence-electron chi connectivity index (χ4n) is 9.49. The molecule has 0 radical (unpaired) electrons. The van der Waals surface area contributed by atoms with E-state index < -0.39 is 12.2 Å². The topological polar surface area (TPSA) is 179 Å². The zero-order chi connectivity index (χ0) is 49.9. The highest BCUT2D eigenvalue weighted by Crippen LogP contribution is 2.51. The number of benzene rings is 5. The monoisotopic (exact) mass is 942 g/mol. The van der Waals surface area contributed by atoms with Crippen LogP contribution in [0.15, 0.2) is 103 Å². The molecular formula is C56H75N7O6. The number of methoxy groups -OCH3 is 2. The van der Waals surface area contributed by atoms with Crippen molar-refractivity contribution in [2.75, 3.05) is 67.4 Å². The van der Waals surface area contributed by atoms with Gasteiger partial charge in [0.15, 0.2) is 0 Å². The van der Waals surface area contributed by atoms with Crippen molar-refractivity contribution in [2.24, 2.45) is 0 Å². The average molecular weight is 942 g/mol. The standard InChI is InChI=1S/C46H57N5O2.2C5H9NO2/c1-45(2,3)33-14-16-34(17-15-33)51-41(32-13-23-39(38(47)27-32)49-28-30-9-18-35(52-7)19-10-30)25-26-42(51)37-22-24-40(44(48)43(37)46(4,5)6)50-29-31-11-20-36(53-8)21-12-31;2*7-5(8)6-3-1-2-4-6/h9-24,27,41-42,49-50H,25-26,28-29,47-48H2,1-8H3;2*1-4H2,(H,7,8). The van der Waals surface area contributed by atoms with Crippen LogP contribution in [0, 0.1) is 0 Å². The SMILES string of the molecule is COc1ccc(CNc2ccc(C3CCC(c4ccc(NCc5ccc(OC)cc5)c(N)c4C(C)(C)C)N3c3ccc(C(C)(C)C)cc3)cc2N)cc1.O=C(O)N1CCCC1.O=C(O)N1CCCC1. The number of nitrogen functional groups attached to an aromatic ring is 2. The Kier molecular flexibility index (Phi) is 17.2. The Morgan fingerprint density at radius 3 is 1.49 bits per heavy atom. The Morgan fingerprint density at radius 2 is 1.07 bits per heavy atom. The van der Waals surface area contributed by atoms with E-state index in [1.54, 1.807) is 14.2 Å². The predicted octanol–water partition coefficient (Wildman–Crippen LogP) is 12.3. The molecular weight excluding hydrogens is 867 g/mol. The van der Waals surface area contributed by atoms with Gasteiger partial charge in [0.1, 0.15) is 11.5 Å². The van der Waals surface area contributed by atoms with Gasteiger partial charge in [0.05, 0.1) is 49.1 Å². The van der Waals surface area contributed by atoms with Crippen molar-refractivity contribution in [3.63, 3.8) is 0 Å². The zero-order valence-corrected chi connectivity index (χ0v) is 42.0. The summed E-state index contributed by atoms with van der Waals surface area (Å²) in [5.41, 5.74) is 25.7. The van der Waals surface area contributed by atoms with Crippen molar-refractivity contribution in [1.82, 2.24) is 9.80 Å². The van der Waals surface area contributed by atoms with Gasteiger partial charge in [-0.25, -0.2) is 9.59 Å². The average Bonchev–Trinajstić information content (AvgIpc) is 4.15. The summed E-state index contributed by atoms with van der Waals surface area (Å²) >= 11 is 0. The first-order valence-electron chi connectivity index (χ1n) is 24.3. The number of anilines is 5. The van der Waals surface area contributed by atoms with Gasteiger partial charge in [0.2, 0.25) is 0 Å². The lowest BCUT2D eigenvalue weighted by atomic mass is 9.79. The Labute approximate surface area is 409 Å². The fraction of sp³-hybridized carbons (Fsp3) is 0.429. The third kappa shape index (κ3) is 13.5. The van der Waals surface area contributed by atoms with Crippen LogP contribution in [0.3, 0.4) is 0 Å². The first-order chi connectivity index (χ1) is 32.9. The Hall–Kier alpha value is -6.76. The Bertz CT molecular complexity index is 2430. The fourth-order valence-corrected chi connectivity index (χ4v) is 9.49. The van der Waals surface area contributed by atoms with Gasteiger partial charge in [-0.15, -0.1) is 0 Å². The predicted molar refractivity (Wildman–Crippen MR) is 281 cm³/mol. The molecule has 0 saturated carbocycles. The highest BCUT2D eigenvalue weighted by atomic mass is 16.5. The second-order valence-corrected chi connectivity index (χ2v) is 20.3. The van der Waals surface area contributed by atoms with Crippen LogP contribution in [-0.2, 0) is 23.9 Å². The maximum atomic E-state index is 10.1. The minimum absolute atomic E-state index is 0.0634. The van der Waals surface area contributed by atoms with Gasteiger partial charge >= 0.3 is 12.2 Å². The zero-order valence-electron chi connectivity index (χ0n) is 42.0. The van der Waals surface area contributed by atoms with E-state index in [0.717, 1.165) is 110 Å². The van der Waals surface area contributed by atoms with Crippen molar-refractivity contribution < 1.29 is 29.3 Å². The molecule has 370 valence electrons. The van der Waals surface area contributed by atoms with Crippen molar-refractivity contribution in [2.45, 2.75) is 116 Å². The third-order valence-corrected chi connectivity index (χ3v) is 13.3. The first kappa shape index (κ1) is 51.6. The van der Waals surface area contributed by atoms with Crippen LogP contribution in [0.2, 0.25) is 0 Å². The van der Waals surface area contributed by atoms with Crippen molar-refractivity contribution >= 4 is 40.6 Å². The summed E-state index contributed by atoms with van der Waals surface area (Å²) in [4.78, 5) is 25.8. The summed E-state index contributed by atoms with van der Waals surface area (Å²) in [6.45, 7) is 17.9. The smallest absolute Gasteiger partial charge is 0.407 e. The van der Waals surface area contributed by atoms with Crippen LogP contribution in [0.25, 0.3) is 0 Å². The lowest BCUT2D eigenvalue weighted by Gasteiger charge is -2.37. The van der Waals surface area contributed by atoms with Crippen LogP contribution >= 0.6 is 0 Å². The van der Waals surface area contributed by atoms with Crippen LogP contribution in [0.1, 0.15) is 126 Å². The number of ether oxygens (including phenoxy) is 2. The van der Waals surface area contributed by atoms with Crippen LogP contribution in [0.5, 0.6) is 11.5 Å². The molecule has 5 aromatic carbocycles. The second kappa shape index (κ2) is 23.0. The molecule has 69 heavy (non-hydrogen) atoms. The molecule has 2 unspecified atom stereocenters. The number of hydrogen-bond acceptors (Lipinski definition) is 9. The normalized spacial score (nSPS) is 16.8. The van der Waals surface area contributed by atoms with Gasteiger partial charge in [-0.2, -0.15) is 0 Å². The van der Waals surface area contributed by atoms with Gasteiger partial charge in [-0.05, 0) is 137 Å². The molecule has 2 atom stereocenters. The van der Waals surface area contributed by atoms with Crippen molar-refractivity contribution in [1.29, 1.82) is 0 Å². The molecule has 0 bridgehead atoms. The van der Waals surface area contributed by atoms with Gasteiger partial charge in [0, 0.05) is 45.0 Å². The third-order valence-electron chi connectivity index (χ3n) is 13.3. The maximum absolute atomic E-state index is 10.1. The molecule has 2 amide bonds. The minimum Gasteiger partial charge on any atom is -0.497 e. The van der Waals surface area contributed by atoms with Crippen LogP contribution < -0.4 is 36.5 Å². The number of hydrogen-bond donors (Lipinski definition) is 6. The van der Waals surface area contributed by atoms with E-state index in [0.29, 0.717) is 13.1 Å². The molecule has 5 aromatic rings.